The smallest absolute Gasteiger partial charge is 0.358 e. The molecule has 0 saturated carbocycles. The van der Waals surface area contributed by atoms with E-state index in [0.29, 0.717) is 25.3 Å². The summed E-state index contributed by atoms with van der Waals surface area (Å²) in [5, 5.41) is 16.5. The first-order valence-electron chi connectivity index (χ1n) is 5.27. The van der Waals surface area contributed by atoms with Gasteiger partial charge >= 0.3 is 5.97 Å². The highest BCUT2D eigenvalue weighted by Gasteiger charge is 2.21. The van der Waals surface area contributed by atoms with Crippen LogP contribution in [0.5, 0.6) is 0 Å². The second-order valence-electron chi connectivity index (χ2n) is 3.68. The SMILES string of the molecule is COCCc1c(C(=O)O)nnn1C(C)COC. The predicted octanol–water partition coefficient (Wildman–Crippen LogP) is 0.373. The van der Waals surface area contributed by atoms with E-state index in [9.17, 15) is 4.79 Å². The molecule has 0 amide bonds. The lowest BCUT2D eigenvalue weighted by Gasteiger charge is -2.13. The first kappa shape index (κ1) is 13.6. The molecule has 7 heteroatoms. The first-order chi connectivity index (χ1) is 8.11. The third-order valence-corrected chi connectivity index (χ3v) is 2.36. The van der Waals surface area contributed by atoms with Gasteiger partial charge in [-0.3, -0.25) is 0 Å². The molecule has 1 heterocycles. The summed E-state index contributed by atoms with van der Waals surface area (Å²) in [6.45, 7) is 2.76. The van der Waals surface area contributed by atoms with Crippen molar-refractivity contribution in [2.75, 3.05) is 27.4 Å². The van der Waals surface area contributed by atoms with Crippen molar-refractivity contribution in [2.45, 2.75) is 19.4 Å². The van der Waals surface area contributed by atoms with Crippen LogP contribution in [0.15, 0.2) is 0 Å². The third kappa shape index (κ3) is 3.24. The van der Waals surface area contributed by atoms with E-state index in [1.165, 1.54) is 0 Å². The molecule has 1 rings (SSSR count). The number of ether oxygens (including phenoxy) is 2. The Morgan fingerprint density at radius 1 is 1.47 bits per heavy atom. The van der Waals surface area contributed by atoms with Gasteiger partial charge in [-0.1, -0.05) is 5.21 Å². The van der Waals surface area contributed by atoms with Gasteiger partial charge in [-0.25, -0.2) is 9.48 Å². The van der Waals surface area contributed by atoms with Crippen LogP contribution in [0.1, 0.15) is 29.1 Å². The average Bonchev–Trinajstić information content (AvgIpc) is 2.70. The minimum absolute atomic E-state index is 0.0231. The highest BCUT2D eigenvalue weighted by Crippen LogP contribution is 2.13. The molecule has 7 nitrogen and oxygen atoms in total. The zero-order chi connectivity index (χ0) is 12.8. The van der Waals surface area contributed by atoms with Crippen LogP contribution in [-0.2, 0) is 15.9 Å². The normalized spacial score (nSPS) is 12.6. The molecule has 1 unspecified atom stereocenters. The van der Waals surface area contributed by atoms with Gasteiger partial charge in [0.15, 0.2) is 5.69 Å². The van der Waals surface area contributed by atoms with E-state index in [0.717, 1.165) is 0 Å². The summed E-state index contributed by atoms with van der Waals surface area (Å²) in [4.78, 5) is 11.0. The lowest BCUT2D eigenvalue weighted by Crippen LogP contribution is -2.17. The maximum Gasteiger partial charge on any atom is 0.358 e. The van der Waals surface area contributed by atoms with Crippen LogP contribution in [0.4, 0.5) is 0 Å². The second kappa shape index (κ2) is 6.31. The van der Waals surface area contributed by atoms with E-state index < -0.39 is 5.97 Å². The Bertz CT molecular complexity index is 378. The molecule has 0 aliphatic heterocycles. The molecule has 0 aliphatic rings. The number of aromatic carboxylic acids is 1. The molecule has 17 heavy (non-hydrogen) atoms. The minimum atomic E-state index is -1.08. The maximum absolute atomic E-state index is 11.0. The van der Waals surface area contributed by atoms with Gasteiger partial charge in [0.05, 0.1) is 24.9 Å². The maximum atomic E-state index is 11.0. The van der Waals surface area contributed by atoms with Crippen LogP contribution >= 0.6 is 0 Å². The zero-order valence-electron chi connectivity index (χ0n) is 10.2. The first-order valence-corrected chi connectivity index (χ1v) is 5.27. The number of aromatic nitrogens is 3. The summed E-state index contributed by atoms with van der Waals surface area (Å²) in [6.07, 6.45) is 0.458. The van der Waals surface area contributed by atoms with Crippen LogP contribution in [0.3, 0.4) is 0 Å². The molecule has 96 valence electrons. The van der Waals surface area contributed by atoms with Crippen LogP contribution in [-0.4, -0.2) is 53.5 Å². The molecular formula is C10H17N3O4. The lowest BCUT2D eigenvalue weighted by atomic mass is 10.2. The summed E-state index contributed by atoms with van der Waals surface area (Å²) >= 11 is 0. The van der Waals surface area contributed by atoms with E-state index in [1.54, 1.807) is 18.9 Å². The Morgan fingerprint density at radius 2 is 2.18 bits per heavy atom. The molecule has 0 radical (unpaired) electrons. The largest absolute Gasteiger partial charge is 0.476 e. The zero-order valence-corrected chi connectivity index (χ0v) is 10.2. The number of rotatable bonds is 7. The number of nitrogens with zero attached hydrogens (tertiary/aromatic N) is 3. The number of hydrogen-bond donors (Lipinski definition) is 1. The van der Waals surface area contributed by atoms with Crippen LogP contribution in [0.2, 0.25) is 0 Å². The van der Waals surface area contributed by atoms with E-state index in [2.05, 4.69) is 10.3 Å². The Morgan fingerprint density at radius 3 is 2.71 bits per heavy atom. The lowest BCUT2D eigenvalue weighted by molar-refractivity contribution is 0.0688. The molecule has 0 aromatic carbocycles. The molecule has 0 fully saturated rings. The molecular weight excluding hydrogens is 226 g/mol. The molecule has 1 aromatic rings. The number of carboxylic acid groups (broad SMARTS) is 1. The average molecular weight is 243 g/mol. The topological polar surface area (TPSA) is 86.5 Å². The fraction of sp³-hybridized carbons (Fsp3) is 0.700. The van der Waals surface area contributed by atoms with Gasteiger partial charge in [0, 0.05) is 20.6 Å². The van der Waals surface area contributed by atoms with Crippen molar-refractivity contribution in [3.8, 4) is 0 Å². The molecule has 1 aromatic heterocycles. The van der Waals surface area contributed by atoms with Crippen LogP contribution < -0.4 is 0 Å². The van der Waals surface area contributed by atoms with Crippen LogP contribution in [0, 0.1) is 0 Å². The second-order valence-corrected chi connectivity index (χ2v) is 3.68. The monoisotopic (exact) mass is 243 g/mol. The van der Waals surface area contributed by atoms with Crippen molar-refractivity contribution in [1.29, 1.82) is 0 Å². The van der Waals surface area contributed by atoms with Gasteiger partial charge in [0.2, 0.25) is 0 Å². The van der Waals surface area contributed by atoms with E-state index in [1.807, 2.05) is 6.92 Å². The summed E-state index contributed by atoms with van der Waals surface area (Å²) in [7, 11) is 3.15. The summed E-state index contributed by atoms with van der Waals surface area (Å²) in [5.41, 5.74) is 0.536. The molecule has 1 atom stereocenters. The molecule has 1 N–H and O–H groups in total. The van der Waals surface area contributed by atoms with E-state index >= 15 is 0 Å². The molecule has 0 bridgehead atoms. The summed E-state index contributed by atoms with van der Waals surface area (Å²) < 4.78 is 11.5. The van der Waals surface area contributed by atoms with Gasteiger partial charge < -0.3 is 14.6 Å². The van der Waals surface area contributed by atoms with Gasteiger partial charge in [-0.2, -0.15) is 0 Å². The van der Waals surface area contributed by atoms with Crippen molar-refractivity contribution in [2.24, 2.45) is 0 Å². The third-order valence-electron chi connectivity index (χ3n) is 2.36. The summed E-state index contributed by atoms with van der Waals surface area (Å²) in [6, 6.07) is -0.0625. The number of carboxylic acids is 1. The number of methoxy groups -OCH3 is 2. The number of carbonyl (C=O) groups is 1. The predicted molar refractivity (Wildman–Crippen MR) is 59.1 cm³/mol. The highest BCUT2D eigenvalue weighted by molar-refractivity contribution is 5.86. The molecule has 0 spiro atoms. The fourth-order valence-electron chi connectivity index (χ4n) is 1.58. The van der Waals surface area contributed by atoms with E-state index in [4.69, 9.17) is 14.6 Å². The van der Waals surface area contributed by atoms with Crippen molar-refractivity contribution >= 4 is 5.97 Å². The number of hydrogen-bond acceptors (Lipinski definition) is 5. The van der Waals surface area contributed by atoms with Crippen molar-refractivity contribution in [1.82, 2.24) is 15.0 Å². The van der Waals surface area contributed by atoms with Gasteiger partial charge in [-0.05, 0) is 6.92 Å². The highest BCUT2D eigenvalue weighted by atomic mass is 16.5. The van der Waals surface area contributed by atoms with Crippen LogP contribution in [0.25, 0.3) is 0 Å². The molecule has 0 saturated heterocycles. The quantitative estimate of drug-likeness (QED) is 0.744. The van der Waals surface area contributed by atoms with Crippen molar-refractivity contribution < 1.29 is 19.4 Å². The van der Waals surface area contributed by atoms with E-state index in [-0.39, 0.29) is 11.7 Å². The Kier molecular flexibility index (Phi) is 5.05. The van der Waals surface area contributed by atoms with Gasteiger partial charge in [0.1, 0.15) is 0 Å². The van der Waals surface area contributed by atoms with Gasteiger partial charge in [-0.15, -0.1) is 5.10 Å². The minimum Gasteiger partial charge on any atom is -0.476 e. The Balaban J connectivity index is 2.99. The van der Waals surface area contributed by atoms with Gasteiger partial charge in [0.25, 0.3) is 0 Å². The Hall–Kier alpha value is -1.47. The van der Waals surface area contributed by atoms with Crippen molar-refractivity contribution in [3.05, 3.63) is 11.4 Å². The molecule has 0 aliphatic carbocycles. The Labute approximate surface area is 99.3 Å². The fourth-order valence-corrected chi connectivity index (χ4v) is 1.58. The standard InChI is InChI=1S/C10H17N3O4/c1-7(6-17-3)13-8(4-5-16-2)9(10(14)15)11-12-13/h7H,4-6H2,1-3H3,(H,14,15). The van der Waals surface area contributed by atoms with Crippen molar-refractivity contribution in [3.63, 3.8) is 0 Å². The summed E-state index contributed by atoms with van der Waals surface area (Å²) in [5.74, 6) is -1.08.